The molecular formula is C16H24N2S2. The molecule has 0 atom stereocenters. The van der Waals surface area contributed by atoms with Gasteiger partial charge < -0.3 is 11.1 Å². The van der Waals surface area contributed by atoms with Crippen molar-refractivity contribution in [2.75, 3.05) is 18.1 Å². The fraction of sp³-hybridized carbons (Fsp3) is 0.562. The van der Waals surface area contributed by atoms with Crippen LogP contribution in [0.1, 0.15) is 43.2 Å². The van der Waals surface area contributed by atoms with Gasteiger partial charge in [-0.2, -0.15) is 11.8 Å². The van der Waals surface area contributed by atoms with Crippen LogP contribution in [-0.4, -0.2) is 22.5 Å². The largest absolute Gasteiger partial charge is 0.389 e. The van der Waals surface area contributed by atoms with E-state index in [-0.39, 0.29) is 0 Å². The van der Waals surface area contributed by atoms with E-state index in [2.05, 4.69) is 30.6 Å². The summed E-state index contributed by atoms with van der Waals surface area (Å²) in [6.45, 7) is 3.09. The predicted molar refractivity (Wildman–Crippen MR) is 94.9 cm³/mol. The van der Waals surface area contributed by atoms with Crippen LogP contribution >= 0.6 is 24.0 Å². The van der Waals surface area contributed by atoms with E-state index in [9.17, 15) is 0 Å². The van der Waals surface area contributed by atoms with Crippen LogP contribution in [0.4, 0.5) is 5.69 Å². The molecule has 3 N–H and O–H groups in total. The monoisotopic (exact) mass is 308 g/mol. The Kier molecular flexibility index (Phi) is 5.33. The minimum atomic E-state index is 0.371. The van der Waals surface area contributed by atoms with Gasteiger partial charge in [0.2, 0.25) is 0 Å². The number of nitrogens with two attached hydrogens (primary N) is 1. The summed E-state index contributed by atoms with van der Waals surface area (Å²) in [5, 5.41) is 3.61. The van der Waals surface area contributed by atoms with Gasteiger partial charge in [-0.3, -0.25) is 0 Å². The van der Waals surface area contributed by atoms with Gasteiger partial charge in [0, 0.05) is 22.5 Å². The van der Waals surface area contributed by atoms with Gasteiger partial charge in [0.15, 0.2) is 0 Å². The van der Waals surface area contributed by atoms with Crippen molar-refractivity contribution in [1.29, 1.82) is 0 Å². The second-order valence-corrected chi connectivity index (χ2v) is 7.43. The van der Waals surface area contributed by atoms with Crippen LogP contribution in [0.15, 0.2) is 18.2 Å². The minimum Gasteiger partial charge on any atom is -0.389 e. The number of thioether (sulfide) groups is 1. The molecule has 0 spiro atoms. The first-order chi connectivity index (χ1) is 9.56. The van der Waals surface area contributed by atoms with Crippen LogP contribution in [0.5, 0.6) is 0 Å². The molecule has 4 heteroatoms. The van der Waals surface area contributed by atoms with Crippen LogP contribution in [0, 0.1) is 6.92 Å². The lowest BCUT2D eigenvalue weighted by Gasteiger charge is -2.36. The van der Waals surface area contributed by atoms with E-state index in [1.165, 1.54) is 37.7 Å². The Morgan fingerprint density at radius 2 is 2.05 bits per heavy atom. The Bertz CT molecular complexity index is 479. The average Bonchev–Trinajstić information content (AvgIpc) is 2.46. The molecule has 0 unspecified atom stereocenters. The van der Waals surface area contributed by atoms with Gasteiger partial charge in [-0.25, -0.2) is 0 Å². The molecule has 1 aromatic carbocycles. The minimum absolute atomic E-state index is 0.371. The van der Waals surface area contributed by atoms with Crippen molar-refractivity contribution in [1.82, 2.24) is 0 Å². The number of thiocarbonyl (C=S) groups is 1. The normalized spacial score (nSPS) is 17.7. The SMILES string of the molecule is CSC1(CNc2cc(C)ccc2C(N)=S)CCCCC1. The van der Waals surface area contributed by atoms with E-state index in [0.29, 0.717) is 9.74 Å². The zero-order valence-electron chi connectivity index (χ0n) is 12.4. The quantitative estimate of drug-likeness (QED) is 0.803. The summed E-state index contributed by atoms with van der Waals surface area (Å²) in [6, 6.07) is 6.22. The molecule has 110 valence electrons. The molecular weight excluding hydrogens is 284 g/mol. The Hall–Kier alpha value is -0.740. The fourth-order valence-electron chi connectivity index (χ4n) is 2.92. The summed E-state index contributed by atoms with van der Waals surface area (Å²) in [5.41, 5.74) is 9.09. The van der Waals surface area contributed by atoms with Gasteiger partial charge in [-0.1, -0.05) is 37.5 Å². The molecule has 2 rings (SSSR count). The number of hydrogen-bond acceptors (Lipinski definition) is 3. The number of nitrogens with one attached hydrogen (secondary N) is 1. The molecule has 0 radical (unpaired) electrons. The Balaban J connectivity index is 2.13. The van der Waals surface area contributed by atoms with Crippen LogP contribution in [0.2, 0.25) is 0 Å². The molecule has 1 aliphatic carbocycles. The maximum Gasteiger partial charge on any atom is 0.106 e. The van der Waals surface area contributed by atoms with Gasteiger partial charge in [0.05, 0.1) is 0 Å². The van der Waals surface area contributed by atoms with Gasteiger partial charge in [-0.05, 0) is 43.7 Å². The molecule has 0 amide bonds. The predicted octanol–water partition coefficient (Wildman–Crippen LogP) is 4.11. The smallest absolute Gasteiger partial charge is 0.106 e. The molecule has 2 nitrogen and oxygen atoms in total. The van der Waals surface area contributed by atoms with E-state index >= 15 is 0 Å². The Labute approximate surface area is 131 Å². The van der Waals surface area contributed by atoms with Crippen molar-refractivity contribution in [2.24, 2.45) is 5.73 Å². The highest BCUT2D eigenvalue weighted by Gasteiger charge is 2.31. The lowest BCUT2D eigenvalue weighted by Crippen LogP contribution is -2.36. The second-order valence-electron chi connectivity index (χ2n) is 5.71. The van der Waals surface area contributed by atoms with Crippen molar-refractivity contribution in [3.63, 3.8) is 0 Å². The highest BCUT2D eigenvalue weighted by atomic mass is 32.2. The molecule has 1 aliphatic rings. The van der Waals surface area contributed by atoms with Crippen molar-refractivity contribution >= 4 is 34.7 Å². The highest BCUT2D eigenvalue weighted by Crippen LogP contribution is 2.38. The van der Waals surface area contributed by atoms with E-state index in [1.54, 1.807) is 0 Å². The summed E-state index contributed by atoms with van der Waals surface area (Å²) in [4.78, 5) is 0.467. The number of benzene rings is 1. The zero-order chi connectivity index (χ0) is 14.6. The molecule has 1 fully saturated rings. The van der Waals surface area contributed by atoms with E-state index in [4.69, 9.17) is 18.0 Å². The van der Waals surface area contributed by atoms with Gasteiger partial charge in [-0.15, -0.1) is 0 Å². The standard InChI is InChI=1S/C16H24N2S2/c1-12-6-7-13(15(17)19)14(10-12)18-11-16(20-2)8-4-3-5-9-16/h6-7,10,18H,3-5,8-9,11H2,1-2H3,(H2,17,19). The average molecular weight is 309 g/mol. The van der Waals surface area contributed by atoms with Crippen LogP contribution in [0.3, 0.4) is 0 Å². The Morgan fingerprint density at radius 1 is 1.35 bits per heavy atom. The molecule has 20 heavy (non-hydrogen) atoms. The first kappa shape index (κ1) is 15.6. The molecule has 0 saturated heterocycles. The van der Waals surface area contributed by atoms with Crippen molar-refractivity contribution in [2.45, 2.75) is 43.8 Å². The van der Waals surface area contributed by atoms with Crippen LogP contribution in [-0.2, 0) is 0 Å². The molecule has 1 saturated carbocycles. The molecule has 0 heterocycles. The summed E-state index contributed by atoms with van der Waals surface area (Å²) in [7, 11) is 0. The third-order valence-corrected chi connectivity index (χ3v) is 5.88. The molecule has 0 aromatic heterocycles. The molecule has 0 bridgehead atoms. The zero-order valence-corrected chi connectivity index (χ0v) is 14.0. The maximum absolute atomic E-state index is 5.83. The fourth-order valence-corrected chi connectivity index (χ4v) is 4.02. The number of anilines is 1. The van der Waals surface area contributed by atoms with Crippen molar-refractivity contribution < 1.29 is 0 Å². The van der Waals surface area contributed by atoms with E-state index in [0.717, 1.165) is 17.8 Å². The number of rotatable bonds is 5. The third kappa shape index (κ3) is 3.67. The first-order valence-electron chi connectivity index (χ1n) is 7.26. The van der Waals surface area contributed by atoms with Crippen molar-refractivity contribution in [3.05, 3.63) is 29.3 Å². The van der Waals surface area contributed by atoms with Gasteiger partial charge in [0.1, 0.15) is 4.99 Å². The summed E-state index contributed by atoms with van der Waals surface area (Å²) in [6.07, 6.45) is 8.91. The lowest BCUT2D eigenvalue weighted by molar-refractivity contribution is 0.411. The van der Waals surface area contributed by atoms with Crippen molar-refractivity contribution in [3.8, 4) is 0 Å². The summed E-state index contributed by atoms with van der Waals surface area (Å²) >= 11 is 7.16. The topological polar surface area (TPSA) is 38.0 Å². The van der Waals surface area contributed by atoms with Gasteiger partial charge in [0.25, 0.3) is 0 Å². The number of hydrogen-bond donors (Lipinski definition) is 2. The maximum atomic E-state index is 5.83. The lowest BCUT2D eigenvalue weighted by atomic mass is 9.88. The van der Waals surface area contributed by atoms with Crippen LogP contribution in [0.25, 0.3) is 0 Å². The summed E-state index contributed by atoms with van der Waals surface area (Å²) in [5.74, 6) is 0. The van der Waals surface area contributed by atoms with Crippen LogP contribution < -0.4 is 11.1 Å². The molecule has 1 aromatic rings. The number of aryl methyl sites for hydroxylation is 1. The van der Waals surface area contributed by atoms with E-state index < -0.39 is 0 Å². The highest BCUT2D eigenvalue weighted by molar-refractivity contribution is 8.00. The third-order valence-electron chi connectivity index (χ3n) is 4.24. The first-order valence-corrected chi connectivity index (χ1v) is 8.89. The van der Waals surface area contributed by atoms with E-state index in [1.807, 2.05) is 17.8 Å². The Morgan fingerprint density at radius 3 is 2.65 bits per heavy atom. The summed E-state index contributed by atoms with van der Waals surface area (Å²) < 4.78 is 0.371. The molecule has 0 aliphatic heterocycles. The second kappa shape index (κ2) is 6.81. The van der Waals surface area contributed by atoms with Gasteiger partial charge >= 0.3 is 0 Å².